The van der Waals surface area contributed by atoms with Gasteiger partial charge in [0.25, 0.3) is 0 Å². The van der Waals surface area contributed by atoms with E-state index in [1.807, 2.05) is 31.1 Å². The topological polar surface area (TPSA) is 57.3 Å². The highest BCUT2D eigenvalue weighted by Crippen LogP contribution is 2.19. The van der Waals surface area contributed by atoms with Gasteiger partial charge in [0, 0.05) is 26.1 Å². The third-order valence-electron chi connectivity index (χ3n) is 3.47. The SMILES string of the molecule is CC1CC(C(=O)Nc2ccc(N(C)C)nc2)CCN1. The number of hydrogen-bond donors (Lipinski definition) is 2. The fourth-order valence-electron chi connectivity index (χ4n) is 2.34. The van der Waals surface area contributed by atoms with Crippen LogP contribution in [0.5, 0.6) is 0 Å². The molecule has 0 spiro atoms. The maximum Gasteiger partial charge on any atom is 0.227 e. The number of nitrogens with zero attached hydrogens (tertiary/aromatic N) is 2. The first-order chi connectivity index (χ1) is 9.06. The van der Waals surface area contributed by atoms with Gasteiger partial charge in [-0.25, -0.2) is 4.98 Å². The zero-order chi connectivity index (χ0) is 13.8. The number of amides is 1. The number of hydrogen-bond acceptors (Lipinski definition) is 4. The number of nitrogens with one attached hydrogen (secondary N) is 2. The Hall–Kier alpha value is -1.62. The van der Waals surface area contributed by atoms with E-state index in [4.69, 9.17) is 0 Å². The first-order valence-corrected chi connectivity index (χ1v) is 6.74. The van der Waals surface area contributed by atoms with E-state index in [0.29, 0.717) is 6.04 Å². The van der Waals surface area contributed by atoms with Crippen molar-refractivity contribution in [3.8, 4) is 0 Å². The Labute approximate surface area is 114 Å². The van der Waals surface area contributed by atoms with Crippen molar-refractivity contribution in [3.05, 3.63) is 18.3 Å². The molecule has 0 aromatic carbocycles. The second-order valence-corrected chi connectivity index (χ2v) is 5.37. The molecule has 0 saturated carbocycles. The third kappa shape index (κ3) is 3.67. The summed E-state index contributed by atoms with van der Waals surface area (Å²) >= 11 is 0. The van der Waals surface area contributed by atoms with Crippen molar-refractivity contribution in [2.75, 3.05) is 30.9 Å². The van der Waals surface area contributed by atoms with Gasteiger partial charge in [-0.1, -0.05) is 0 Å². The summed E-state index contributed by atoms with van der Waals surface area (Å²) < 4.78 is 0. The fourth-order valence-corrected chi connectivity index (χ4v) is 2.34. The molecule has 104 valence electrons. The van der Waals surface area contributed by atoms with Crippen LogP contribution in [0.2, 0.25) is 0 Å². The molecular weight excluding hydrogens is 240 g/mol. The Morgan fingerprint density at radius 2 is 2.26 bits per heavy atom. The summed E-state index contributed by atoms with van der Waals surface area (Å²) in [5.74, 6) is 1.09. The molecule has 19 heavy (non-hydrogen) atoms. The monoisotopic (exact) mass is 262 g/mol. The summed E-state index contributed by atoms with van der Waals surface area (Å²) in [6.07, 6.45) is 3.51. The lowest BCUT2D eigenvalue weighted by Gasteiger charge is -2.27. The number of anilines is 2. The summed E-state index contributed by atoms with van der Waals surface area (Å²) in [6, 6.07) is 4.21. The zero-order valence-electron chi connectivity index (χ0n) is 11.8. The zero-order valence-corrected chi connectivity index (χ0v) is 11.8. The van der Waals surface area contributed by atoms with Crippen molar-refractivity contribution in [2.24, 2.45) is 5.92 Å². The minimum atomic E-state index is 0.102. The number of aromatic nitrogens is 1. The van der Waals surface area contributed by atoms with Crippen LogP contribution in [0.15, 0.2) is 18.3 Å². The second kappa shape index (κ2) is 6.02. The summed E-state index contributed by atoms with van der Waals surface area (Å²) in [4.78, 5) is 18.4. The predicted molar refractivity (Wildman–Crippen MR) is 77.4 cm³/mol. The number of pyridine rings is 1. The molecule has 1 aromatic heterocycles. The normalized spacial score (nSPS) is 22.9. The molecule has 2 heterocycles. The lowest BCUT2D eigenvalue weighted by molar-refractivity contribution is -0.120. The highest BCUT2D eigenvalue weighted by atomic mass is 16.1. The Morgan fingerprint density at radius 1 is 1.47 bits per heavy atom. The molecule has 1 aliphatic rings. The minimum absolute atomic E-state index is 0.102. The van der Waals surface area contributed by atoms with E-state index >= 15 is 0 Å². The Bertz CT molecular complexity index is 430. The van der Waals surface area contributed by atoms with E-state index in [-0.39, 0.29) is 11.8 Å². The Balaban J connectivity index is 1.94. The molecule has 2 unspecified atom stereocenters. The first kappa shape index (κ1) is 13.8. The number of rotatable bonds is 3. The maximum atomic E-state index is 12.2. The average Bonchev–Trinajstić information content (AvgIpc) is 2.39. The van der Waals surface area contributed by atoms with Gasteiger partial charge < -0.3 is 15.5 Å². The van der Waals surface area contributed by atoms with Gasteiger partial charge in [-0.3, -0.25) is 4.79 Å². The molecule has 2 rings (SSSR count). The quantitative estimate of drug-likeness (QED) is 0.866. The molecule has 5 nitrogen and oxygen atoms in total. The van der Waals surface area contributed by atoms with Crippen molar-refractivity contribution < 1.29 is 4.79 Å². The molecule has 2 N–H and O–H groups in total. The number of piperidine rings is 1. The average molecular weight is 262 g/mol. The molecular formula is C14H22N4O. The maximum absolute atomic E-state index is 12.2. The van der Waals surface area contributed by atoms with Crippen LogP contribution in [0.3, 0.4) is 0 Å². The standard InChI is InChI=1S/C14H22N4O/c1-10-8-11(6-7-15-10)14(19)17-12-4-5-13(16-9-12)18(2)3/h4-5,9-11,15H,6-8H2,1-3H3,(H,17,19). The van der Waals surface area contributed by atoms with Gasteiger partial charge in [0.1, 0.15) is 5.82 Å². The number of carbonyl (C=O) groups is 1. The van der Waals surface area contributed by atoms with Crippen LogP contribution in [-0.4, -0.2) is 37.6 Å². The fraction of sp³-hybridized carbons (Fsp3) is 0.571. The molecule has 1 amide bonds. The molecule has 0 bridgehead atoms. The van der Waals surface area contributed by atoms with Crippen LogP contribution < -0.4 is 15.5 Å². The van der Waals surface area contributed by atoms with E-state index in [1.54, 1.807) is 6.20 Å². The van der Waals surface area contributed by atoms with Crippen molar-refractivity contribution in [3.63, 3.8) is 0 Å². The summed E-state index contributed by atoms with van der Waals surface area (Å²) in [5.41, 5.74) is 0.766. The van der Waals surface area contributed by atoms with E-state index in [1.165, 1.54) is 0 Å². The van der Waals surface area contributed by atoms with E-state index in [9.17, 15) is 4.79 Å². The third-order valence-corrected chi connectivity index (χ3v) is 3.47. The van der Waals surface area contributed by atoms with Gasteiger partial charge in [-0.2, -0.15) is 0 Å². The number of carbonyl (C=O) groups excluding carboxylic acids is 1. The predicted octanol–water partition coefficient (Wildman–Crippen LogP) is 1.47. The van der Waals surface area contributed by atoms with Gasteiger partial charge in [-0.15, -0.1) is 0 Å². The van der Waals surface area contributed by atoms with Gasteiger partial charge in [0.2, 0.25) is 5.91 Å². The highest BCUT2D eigenvalue weighted by Gasteiger charge is 2.24. The molecule has 1 saturated heterocycles. The van der Waals surface area contributed by atoms with Gasteiger partial charge in [-0.05, 0) is 38.4 Å². The van der Waals surface area contributed by atoms with Crippen LogP contribution in [-0.2, 0) is 4.79 Å². The molecule has 2 atom stereocenters. The van der Waals surface area contributed by atoms with Crippen LogP contribution >= 0.6 is 0 Å². The van der Waals surface area contributed by atoms with Crippen molar-refractivity contribution in [1.29, 1.82) is 0 Å². The highest BCUT2D eigenvalue weighted by molar-refractivity contribution is 5.92. The molecule has 1 fully saturated rings. The largest absolute Gasteiger partial charge is 0.363 e. The lowest BCUT2D eigenvalue weighted by atomic mass is 9.92. The van der Waals surface area contributed by atoms with E-state index < -0.39 is 0 Å². The van der Waals surface area contributed by atoms with Gasteiger partial charge in [0.05, 0.1) is 11.9 Å². The Morgan fingerprint density at radius 3 is 2.84 bits per heavy atom. The van der Waals surface area contributed by atoms with Crippen LogP contribution in [0.4, 0.5) is 11.5 Å². The van der Waals surface area contributed by atoms with Gasteiger partial charge >= 0.3 is 0 Å². The summed E-state index contributed by atoms with van der Waals surface area (Å²) in [5, 5.41) is 6.30. The summed E-state index contributed by atoms with van der Waals surface area (Å²) in [6.45, 7) is 3.03. The van der Waals surface area contributed by atoms with Gasteiger partial charge in [0.15, 0.2) is 0 Å². The van der Waals surface area contributed by atoms with Crippen molar-refractivity contribution in [1.82, 2.24) is 10.3 Å². The molecule has 1 aromatic rings. The Kier molecular flexibility index (Phi) is 4.37. The molecule has 1 aliphatic heterocycles. The molecule has 0 radical (unpaired) electrons. The van der Waals surface area contributed by atoms with Crippen molar-refractivity contribution >= 4 is 17.4 Å². The first-order valence-electron chi connectivity index (χ1n) is 6.74. The molecule has 5 heteroatoms. The van der Waals surface area contributed by atoms with Crippen LogP contribution in [0.25, 0.3) is 0 Å². The minimum Gasteiger partial charge on any atom is -0.363 e. The van der Waals surface area contributed by atoms with E-state index in [2.05, 4.69) is 22.5 Å². The van der Waals surface area contributed by atoms with Crippen molar-refractivity contribution in [2.45, 2.75) is 25.8 Å². The van der Waals surface area contributed by atoms with Crippen LogP contribution in [0, 0.1) is 5.92 Å². The smallest absolute Gasteiger partial charge is 0.227 e. The summed E-state index contributed by atoms with van der Waals surface area (Å²) in [7, 11) is 3.88. The van der Waals surface area contributed by atoms with E-state index in [0.717, 1.165) is 30.9 Å². The second-order valence-electron chi connectivity index (χ2n) is 5.37. The van der Waals surface area contributed by atoms with Crippen LogP contribution in [0.1, 0.15) is 19.8 Å². The molecule has 0 aliphatic carbocycles. The lowest BCUT2D eigenvalue weighted by Crippen LogP contribution is -2.40.